The molecule has 0 saturated heterocycles. The van der Waals surface area contributed by atoms with E-state index in [9.17, 15) is 0 Å². The molecule has 1 aromatic rings. The monoisotopic (exact) mass is 188 g/mol. The summed E-state index contributed by atoms with van der Waals surface area (Å²) in [6.45, 7) is 8.31. The smallest absolute Gasteiger partial charge is 0.00127 e. The van der Waals surface area contributed by atoms with Crippen molar-refractivity contribution in [1.29, 1.82) is 0 Å². The molecule has 1 atom stereocenters. The van der Waals surface area contributed by atoms with Crippen LogP contribution in [0.25, 0.3) is 0 Å². The van der Waals surface area contributed by atoms with Gasteiger partial charge in [-0.15, -0.1) is 6.58 Å². The first kappa shape index (κ1) is 11.0. The minimum Gasteiger partial charge on any atom is -0.102 e. The Kier molecular flexibility index (Phi) is 4.45. The van der Waals surface area contributed by atoms with Gasteiger partial charge in [0.15, 0.2) is 0 Å². The van der Waals surface area contributed by atoms with E-state index in [1.165, 1.54) is 24.0 Å². The Morgan fingerprint density at radius 1 is 1.36 bits per heavy atom. The lowest BCUT2D eigenvalue weighted by molar-refractivity contribution is 0.802. The molecule has 76 valence electrons. The van der Waals surface area contributed by atoms with Crippen LogP contribution in [-0.2, 0) is 6.42 Å². The number of benzene rings is 1. The molecule has 0 aliphatic rings. The number of hydrogen-bond acceptors (Lipinski definition) is 0. The van der Waals surface area contributed by atoms with Crippen molar-refractivity contribution in [1.82, 2.24) is 0 Å². The zero-order chi connectivity index (χ0) is 10.4. The van der Waals surface area contributed by atoms with Gasteiger partial charge < -0.3 is 0 Å². The lowest BCUT2D eigenvalue weighted by atomic mass is 9.94. The van der Waals surface area contributed by atoms with Gasteiger partial charge in [0.2, 0.25) is 0 Å². The Balaban J connectivity index is 2.86. The van der Waals surface area contributed by atoms with E-state index in [1.807, 2.05) is 6.08 Å². The highest BCUT2D eigenvalue weighted by atomic mass is 14.1. The molecule has 0 heteroatoms. The van der Waals surface area contributed by atoms with Crippen molar-refractivity contribution in [3.8, 4) is 0 Å². The zero-order valence-corrected chi connectivity index (χ0v) is 9.29. The van der Waals surface area contributed by atoms with Gasteiger partial charge in [0.25, 0.3) is 0 Å². The maximum absolute atomic E-state index is 3.88. The maximum Gasteiger partial charge on any atom is 0.00127 e. The third kappa shape index (κ3) is 2.73. The highest BCUT2D eigenvalue weighted by molar-refractivity contribution is 5.28. The maximum atomic E-state index is 3.88. The first-order chi connectivity index (χ1) is 6.81. The molecule has 14 heavy (non-hydrogen) atoms. The predicted molar refractivity (Wildman–Crippen MR) is 63.7 cm³/mol. The van der Waals surface area contributed by atoms with Gasteiger partial charge in [0, 0.05) is 5.92 Å². The van der Waals surface area contributed by atoms with Crippen LogP contribution in [0.2, 0.25) is 0 Å². The van der Waals surface area contributed by atoms with E-state index in [1.54, 1.807) is 0 Å². The van der Waals surface area contributed by atoms with Gasteiger partial charge in [-0.05, 0) is 24.0 Å². The van der Waals surface area contributed by atoms with Crippen LogP contribution in [-0.4, -0.2) is 0 Å². The average Bonchev–Trinajstić information content (AvgIpc) is 2.21. The molecule has 0 aromatic heterocycles. The SMILES string of the molecule is C=CC(CC)c1cccc(CCC)c1. The van der Waals surface area contributed by atoms with Crippen LogP contribution in [0.1, 0.15) is 43.7 Å². The van der Waals surface area contributed by atoms with Crippen LogP contribution in [0.5, 0.6) is 0 Å². The largest absolute Gasteiger partial charge is 0.102 e. The minimum atomic E-state index is 0.520. The van der Waals surface area contributed by atoms with Crippen LogP contribution in [0.3, 0.4) is 0 Å². The van der Waals surface area contributed by atoms with Crippen LogP contribution < -0.4 is 0 Å². The fraction of sp³-hybridized carbons (Fsp3) is 0.429. The number of rotatable bonds is 5. The second kappa shape index (κ2) is 5.64. The second-order valence-corrected chi connectivity index (χ2v) is 3.75. The Bertz CT molecular complexity index is 286. The molecule has 0 saturated carbocycles. The van der Waals surface area contributed by atoms with E-state index in [0.717, 1.165) is 6.42 Å². The summed E-state index contributed by atoms with van der Waals surface area (Å²) in [5, 5.41) is 0. The molecule has 1 unspecified atom stereocenters. The lowest BCUT2D eigenvalue weighted by Crippen LogP contribution is -1.94. The molecule has 0 radical (unpaired) electrons. The van der Waals surface area contributed by atoms with Gasteiger partial charge in [0.1, 0.15) is 0 Å². The molecule has 0 nitrogen and oxygen atoms in total. The summed E-state index contributed by atoms with van der Waals surface area (Å²) in [5.74, 6) is 0.520. The Morgan fingerprint density at radius 2 is 2.14 bits per heavy atom. The van der Waals surface area contributed by atoms with Crippen molar-refractivity contribution in [2.24, 2.45) is 0 Å². The van der Waals surface area contributed by atoms with Crippen LogP contribution in [0.4, 0.5) is 0 Å². The summed E-state index contributed by atoms with van der Waals surface area (Å²) in [6.07, 6.45) is 5.58. The normalized spacial score (nSPS) is 12.4. The van der Waals surface area contributed by atoms with Gasteiger partial charge in [-0.1, -0.05) is 50.6 Å². The quantitative estimate of drug-likeness (QED) is 0.604. The third-order valence-electron chi connectivity index (χ3n) is 2.64. The minimum absolute atomic E-state index is 0.520. The van der Waals surface area contributed by atoms with E-state index in [4.69, 9.17) is 0 Å². The number of allylic oxidation sites excluding steroid dienone is 1. The Hall–Kier alpha value is -1.04. The van der Waals surface area contributed by atoms with Crippen molar-refractivity contribution in [2.75, 3.05) is 0 Å². The summed E-state index contributed by atoms with van der Waals surface area (Å²) in [7, 11) is 0. The summed E-state index contributed by atoms with van der Waals surface area (Å²) in [4.78, 5) is 0. The fourth-order valence-corrected chi connectivity index (χ4v) is 1.81. The zero-order valence-electron chi connectivity index (χ0n) is 9.29. The first-order valence-electron chi connectivity index (χ1n) is 5.53. The summed E-state index contributed by atoms with van der Waals surface area (Å²) in [5.41, 5.74) is 2.86. The third-order valence-corrected chi connectivity index (χ3v) is 2.64. The van der Waals surface area contributed by atoms with E-state index in [-0.39, 0.29) is 0 Å². The van der Waals surface area contributed by atoms with E-state index >= 15 is 0 Å². The molecule has 0 heterocycles. The average molecular weight is 188 g/mol. The molecule has 0 bridgehead atoms. The molecule has 0 aliphatic carbocycles. The molecule has 0 aliphatic heterocycles. The molecule has 0 fully saturated rings. The number of hydrogen-bond donors (Lipinski definition) is 0. The fourth-order valence-electron chi connectivity index (χ4n) is 1.81. The van der Waals surface area contributed by atoms with E-state index < -0.39 is 0 Å². The van der Waals surface area contributed by atoms with E-state index in [0.29, 0.717) is 5.92 Å². The molecule has 0 spiro atoms. The second-order valence-electron chi connectivity index (χ2n) is 3.75. The van der Waals surface area contributed by atoms with Crippen molar-refractivity contribution < 1.29 is 0 Å². The molecule has 0 N–H and O–H groups in total. The van der Waals surface area contributed by atoms with Gasteiger partial charge in [-0.3, -0.25) is 0 Å². The predicted octanol–water partition coefficient (Wildman–Crippen LogP) is 4.32. The van der Waals surface area contributed by atoms with Gasteiger partial charge in [-0.25, -0.2) is 0 Å². The lowest BCUT2D eigenvalue weighted by Gasteiger charge is -2.11. The van der Waals surface area contributed by atoms with Crippen molar-refractivity contribution >= 4 is 0 Å². The van der Waals surface area contributed by atoms with Crippen LogP contribution in [0.15, 0.2) is 36.9 Å². The molecule has 1 rings (SSSR count). The molecular weight excluding hydrogens is 168 g/mol. The van der Waals surface area contributed by atoms with Gasteiger partial charge in [0.05, 0.1) is 0 Å². The van der Waals surface area contributed by atoms with Gasteiger partial charge in [-0.2, -0.15) is 0 Å². The highest BCUT2D eigenvalue weighted by Crippen LogP contribution is 2.21. The highest BCUT2D eigenvalue weighted by Gasteiger charge is 2.04. The van der Waals surface area contributed by atoms with E-state index in [2.05, 4.69) is 44.7 Å². The molecular formula is C14H20. The Morgan fingerprint density at radius 3 is 2.71 bits per heavy atom. The van der Waals surface area contributed by atoms with Crippen molar-refractivity contribution in [3.63, 3.8) is 0 Å². The topological polar surface area (TPSA) is 0 Å². The number of aryl methyl sites for hydroxylation is 1. The van der Waals surface area contributed by atoms with Crippen LogP contribution >= 0.6 is 0 Å². The summed E-state index contributed by atoms with van der Waals surface area (Å²) >= 11 is 0. The van der Waals surface area contributed by atoms with Gasteiger partial charge >= 0.3 is 0 Å². The summed E-state index contributed by atoms with van der Waals surface area (Å²) < 4.78 is 0. The van der Waals surface area contributed by atoms with Crippen LogP contribution in [0, 0.1) is 0 Å². The molecule has 0 amide bonds. The van der Waals surface area contributed by atoms with Crippen molar-refractivity contribution in [2.45, 2.75) is 39.0 Å². The standard InChI is InChI=1S/C14H20/c1-4-8-12-9-7-10-14(11-12)13(5-2)6-3/h5,7,9-11,13H,2,4,6,8H2,1,3H3. The first-order valence-corrected chi connectivity index (χ1v) is 5.53. The van der Waals surface area contributed by atoms with Crippen molar-refractivity contribution in [3.05, 3.63) is 48.0 Å². The summed E-state index contributed by atoms with van der Waals surface area (Å²) in [6, 6.07) is 8.89. The Labute approximate surface area is 87.7 Å². The molecule has 1 aromatic carbocycles.